The molecule has 6 heteroatoms. The molecule has 26 heavy (non-hydrogen) atoms. The van der Waals surface area contributed by atoms with Crippen LogP contribution in [-0.2, 0) is 9.53 Å². The lowest BCUT2D eigenvalue weighted by molar-refractivity contribution is -0.144. The van der Waals surface area contributed by atoms with Crippen LogP contribution < -0.4 is 10.6 Å². The lowest BCUT2D eigenvalue weighted by Gasteiger charge is -2.60. The van der Waals surface area contributed by atoms with Crippen LogP contribution in [0, 0.1) is 11.8 Å². The molecule has 0 aromatic heterocycles. The number of para-hydroxylation sites is 1. The van der Waals surface area contributed by atoms with Crippen LogP contribution in [0.4, 0.5) is 5.69 Å². The van der Waals surface area contributed by atoms with Crippen molar-refractivity contribution in [2.45, 2.75) is 49.7 Å². The number of nitrogens with one attached hydrogen (secondary N) is 2. The second kappa shape index (κ2) is 6.35. The minimum Gasteiger partial charge on any atom is -0.465 e. The molecule has 1 aromatic rings. The molecule has 2 unspecified atom stereocenters. The van der Waals surface area contributed by atoms with Gasteiger partial charge < -0.3 is 20.5 Å². The number of amides is 1. The van der Waals surface area contributed by atoms with Gasteiger partial charge in [-0.3, -0.25) is 4.79 Å². The predicted octanol–water partition coefficient (Wildman–Crippen LogP) is 2.08. The number of hydrogen-bond donors (Lipinski definition) is 3. The van der Waals surface area contributed by atoms with E-state index in [0.717, 1.165) is 32.1 Å². The quantitative estimate of drug-likeness (QED) is 0.702. The normalized spacial score (nSPS) is 34.5. The largest absolute Gasteiger partial charge is 0.465 e. The van der Waals surface area contributed by atoms with E-state index in [1.54, 1.807) is 24.3 Å². The highest BCUT2D eigenvalue weighted by Crippen LogP contribution is 2.57. The number of esters is 1. The maximum absolute atomic E-state index is 12.5. The van der Waals surface area contributed by atoms with E-state index in [9.17, 15) is 14.7 Å². The third kappa shape index (κ3) is 3.23. The highest BCUT2D eigenvalue weighted by atomic mass is 16.5. The molecule has 2 atom stereocenters. The Morgan fingerprint density at radius 2 is 1.88 bits per heavy atom. The summed E-state index contributed by atoms with van der Waals surface area (Å²) in [6.07, 6.45) is 5.84. The van der Waals surface area contributed by atoms with Crippen molar-refractivity contribution in [2.75, 3.05) is 19.0 Å². The minimum atomic E-state index is -0.551. The molecule has 0 heterocycles. The second-order valence-corrected chi connectivity index (χ2v) is 8.40. The number of benzene rings is 1. The fraction of sp³-hybridized carbons (Fsp3) is 0.600. The summed E-state index contributed by atoms with van der Waals surface area (Å²) in [5, 5.41) is 17.1. The molecule has 4 aliphatic carbocycles. The van der Waals surface area contributed by atoms with Crippen molar-refractivity contribution in [1.82, 2.24) is 5.32 Å². The molecule has 5 rings (SSSR count). The molecule has 0 aliphatic heterocycles. The van der Waals surface area contributed by atoms with Crippen molar-refractivity contribution < 1.29 is 19.4 Å². The van der Waals surface area contributed by atoms with Crippen LogP contribution in [0.15, 0.2) is 24.3 Å². The van der Waals surface area contributed by atoms with Gasteiger partial charge in [-0.2, -0.15) is 0 Å². The van der Waals surface area contributed by atoms with Crippen LogP contribution in [0.5, 0.6) is 0 Å². The summed E-state index contributed by atoms with van der Waals surface area (Å²) in [5.41, 5.74) is 0.117. The Labute approximate surface area is 153 Å². The zero-order valence-electron chi connectivity index (χ0n) is 15.1. The standard InChI is InChI=1S/C20H26N2O4/c1-26-18(24)15-4-2-3-5-16(15)22-17(23)11-21-19-7-13-6-14(8-19)10-20(25,9-13)12-19/h2-5,13-14,21,25H,6-12H2,1H3,(H,22,23). The van der Waals surface area contributed by atoms with Crippen molar-refractivity contribution in [3.8, 4) is 0 Å². The Morgan fingerprint density at radius 1 is 1.19 bits per heavy atom. The van der Waals surface area contributed by atoms with E-state index < -0.39 is 11.6 Å². The van der Waals surface area contributed by atoms with Gasteiger partial charge in [-0.05, 0) is 62.5 Å². The number of ether oxygens (including phenoxy) is 1. The number of carbonyl (C=O) groups excluding carboxylic acids is 2. The Hall–Kier alpha value is -1.92. The monoisotopic (exact) mass is 358 g/mol. The molecule has 140 valence electrons. The van der Waals surface area contributed by atoms with Crippen LogP contribution in [0.2, 0.25) is 0 Å². The molecule has 3 N–H and O–H groups in total. The first-order valence-electron chi connectivity index (χ1n) is 9.35. The van der Waals surface area contributed by atoms with E-state index in [4.69, 9.17) is 4.74 Å². The first-order valence-corrected chi connectivity index (χ1v) is 9.35. The first kappa shape index (κ1) is 17.5. The van der Waals surface area contributed by atoms with Gasteiger partial charge in [0.1, 0.15) is 0 Å². The molecule has 1 aromatic carbocycles. The summed E-state index contributed by atoms with van der Waals surface area (Å²) in [5.74, 6) is 0.468. The lowest BCUT2D eigenvalue weighted by atomic mass is 9.51. The topological polar surface area (TPSA) is 87.7 Å². The van der Waals surface area contributed by atoms with E-state index in [1.807, 2.05) is 0 Å². The SMILES string of the molecule is COC(=O)c1ccccc1NC(=O)CNC12CC3CC(CC(O)(C3)C1)C2. The summed E-state index contributed by atoms with van der Waals surface area (Å²) in [6, 6.07) is 6.82. The molecular formula is C20H26N2O4. The molecule has 1 amide bonds. The minimum absolute atomic E-state index is 0.127. The van der Waals surface area contributed by atoms with Gasteiger partial charge in [-0.25, -0.2) is 4.79 Å². The Morgan fingerprint density at radius 3 is 2.54 bits per heavy atom. The number of carbonyl (C=O) groups is 2. The summed E-state index contributed by atoms with van der Waals surface area (Å²) in [6.45, 7) is 0.172. The van der Waals surface area contributed by atoms with Crippen molar-refractivity contribution >= 4 is 17.6 Å². The fourth-order valence-corrected chi connectivity index (χ4v) is 5.76. The molecule has 4 saturated carbocycles. The van der Waals surface area contributed by atoms with Crippen LogP contribution in [0.3, 0.4) is 0 Å². The van der Waals surface area contributed by atoms with Crippen LogP contribution >= 0.6 is 0 Å². The fourth-order valence-electron chi connectivity index (χ4n) is 5.76. The van der Waals surface area contributed by atoms with E-state index in [2.05, 4.69) is 10.6 Å². The highest BCUT2D eigenvalue weighted by Gasteiger charge is 2.57. The number of anilines is 1. The van der Waals surface area contributed by atoms with Crippen molar-refractivity contribution in [3.63, 3.8) is 0 Å². The first-order chi connectivity index (χ1) is 12.4. The van der Waals surface area contributed by atoms with Crippen LogP contribution in [0.25, 0.3) is 0 Å². The van der Waals surface area contributed by atoms with Gasteiger partial charge in [0.05, 0.1) is 30.5 Å². The Bertz CT molecular complexity index is 718. The molecule has 0 saturated heterocycles. The second-order valence-electron chi connectivity index (χ2n) is 8.40. The smallest absolute Gasteiger partial charge is 0.339 e. The summed E-state index contributed by atoms with van der Waals surface area (Å²) < 4.78 is 4.76. The van der Waals surface area contributed by atoms with Gasteiger partial charge in [-0.15, -0.1) is 0 Å². The van der Waals surface area contributed by atoms with Gasteiger partial charge in [-0.1, -0.05) is 12.1 Å². The number of hydrogen-bond acceptors (Lipinski definition) is 5. The summed E-state index contributed by atoms with van der Waals surface area (Å²) >= 11 is 0. The Kier molecular flexibility index (Phi) is 4.28. The third-order valence-corrected chi connectivity index (χ3v) is 6.26. The van der Waals surface area contributed by atoms with Gasteiger partial charge in [0.15, 0.2) is 0 Å². The average Bonchev–Trinajstić information content (AvgIpc) is 2.58. The van der Waals surface area contributed by atoms with Gasteiger partial charge in [0, 0.05) is 5.54 Å². The molecule has 4 bridgehead atoms. The highest BCUT2D eigenvalue weighted by molar-refractivity contribution is 6.01. The van der Waals surface area contributed by atoms with E-state index in [-0.39, 0.29) is 18.0 Å². The van der Waals surface area contributed by atoms with Gasteiger partial charge >= 0.3 is 5.97 Å². The Balaban J connectivity index is 1.40. The lowest BCUT2D eigenvalue weighted by Crippen LogP contribution is -2.65. The molecular weight excluding hydrogens is 332 g/mol. The molecule has 4 aliphatic rings. The van der Waals surface area contributed by atoms with Gasteiger partial charge in [0.25, 0.3) is 0 Å². The van der Waals surface area contributed by atoms with Crippen LogP contribution in [0.1, 0.15) is 48.9 Å². The number of aliphatic hydroxyl groups is 1. The number of rotatable bonds is 5. The van der Waals surface area contributed by atoms with Crippen molar-refractivity contribution in [1.29, 1.82) is 0 Å². The van der Waals surface area contributed by atoms with Crippen LogP contribution in [-0.4, -0.2) is 41.8 Å². The zero-order chi connectivity index (χ0) is 18.4. The van der Waals surface area contributed by atoms with E-state index in [0.29, 0.717) is 23.1 Å². The summed E-state index contributed by atoms with van der Waals surface area (Å²) in [7, 11) is 1.32. The van der Waals surface area contributed by atoms with Crippen molar-refractivity contribution in [3.05, 3.63) is 29.8 Å². The van der Waals surface area contributed by atoms with Crippen molar-refractivity contribution in [2.24, 2.45) is 11.8 Å². The maximum Gasteiger partial charge on any atom is 0.339 e. The molecule has 6 nitrogen and oxygen atoms in total. The van der Waals surface area contributed by atoms with E-state index >= 15 is 0 Å². The zero-order valence-corrected chi connectivity index (χ0v) is 15.1. The van der Waals surface area contributed by atoms with E-state index in [1.165, 1.54) is 13.5 Å². The predicted molar refractivity (Wildman–Crippen MR) is 96.8 cm³/mol. The molecule has 0 spiro atoms. The maximum atomic E-state index is 12.5. The number of methoxy groups -OCH3 is 1. The molecule has 0 radical (unpaired) electrons. The third-order valence-electron chi connectivity index (χ3n) is 6.26. The summed E-state index contributed by atoms with van der Waals surface area (Å²) in [4.78, 5) is 24.3. The molecule has 4 fully saturated rings. The average molecular weight is 358 g/mol. The van der Waals surface area contributed by atoms with Gasteiger partial charge in [0.2, 0.25) is 5.91 Å².